The quantitative estimate of drug-likeness (QED) is 0.431. The van der Waals surface area contributed by atoms with E-state index in [4.69, 9.17) is 19.8 Å². The highest BCUT2D eigenvalue weighted by Crippen LogP contribution is 1.91. The molecule has 0 aromatic rings. The van der Waals surface area contributed by atoms with Crippen LogP contribution in [0.15, 0.2) is 0 Å². The summed E-state index contributed by atoms with van der Waals surface area (Å²) in [6.07, 6.45) is 8.72. The highest BCUT2D eigenvalue weighted by atomic mass is 16.4. The minimum Gasteiger partial charge on any atom is -0.543 e. The molecule has 6 nitrogen and oxygen atoms in total. The van der Waals surface area contributed by atoms with Crippen LogP contribution in [0.4, 0.5) is 0 Å². The molecule has 0 unspecified atom stereocenters. The Kier molecular flexibility index (Phi) is 11.5. The minimum absolute atomic E-state index is 1.38. The van der Waals surface area contributed by atoms with E-state index >= 15 is 0 Å². The van der Waals surface area contributed by atoms with E-state index in [2.05, 4.69) is 10.6 Å². The van der Waals surface area contributed by atoms with Crippen molar-refractivity contribution in [2.45, 2.75) is 38.5 Å². The molecule has 0 amide bonds. The Labute approximate surface area is 108 Å². The summed E-state index contributed by atoms with van der Waals surface area (Å²) in [7, 11) is 0. The summed E-state index contributed by atoms with van der Waals surface area (Å²) in [4.78, 5) is 17.9. The lowest BCUT2D eigenvalue weighted by molar-refractivity contribution is -0.662. The van der Waals surface area contributed by atoms with Crippen molar-refractivity contribution in [1.82, 2.24) is 0 Å². The molecule has 0 aromatic heterocycles. The topological polar surface area (TPSA) is 113 Å². The van der Waals surface area contributed by atoms with Crippen LogP contribution < -0.4 is 20.8 Å². The summed E-state index contributed by atoms with van der Waals surface area (Å²) in [5.41, 5.74) is 0. The molecule has 106 valence electrons. The van der Waals surface area contributed by atoms with Crippen LogP contribution in [0.25, 0.3) is 0 Å². The summed E-state index contributed by atoms with van der Waals surface area (Å²) < 4.78 is 0. The Bertz CT molecular complexity index is 179. The molecule has 2 fully saturated rings. The van der Waals surface area contributed by atoms with Crippen LogP contribution in [0.2, 0.25) is 0 Å². The average molecular weight is 260 g/mol. The van der Waals surface area contributed by atoms with Crippen molar-refractivity contribution in [3.05, 3.63) is 0 Å². The third kappa shape index (κ3) is 12.9. The number of carboxylic acids is 2. The van der Waals surface area contributed by atoms with Crippen LogP contribution in [0.5, 0.6) is 0 Å². The van der Waals surface area contributed by atoms with Crippen LogP contribution in [-0.2, 0) is 9.59 Å². The fourth-order valence-electron chi connectivity index (χ4n) is 1.80. The van der Waals surface area contributed by atoms with E-state index in [1.807, 2.05) is 0 Å². The molecule has 2 saturated heterocycles. The van der Waals surface area contributed by atoms with Gasteiger partial charge in [-0.3, -0.25) is 0 Å². The number of hydrogen-bond donors (Lipinski definition) is 2. The number of rotatable bonds is 0. The van der Waals surface area contributed by atoms with E-state index in [-0.39, 0.29) is 0 Å². The average Bonchev–Trinajstić information content (AvgIpc) is 2.44. The fraction of sp³-hybridized carbons (Fsp3) is 0.833. The lowest BCUT2D eigenvalue weighted by Crippen LogP contribution is -2.85. The van der Waals surface area contributed by atoms with Crippen LogP contribution in [0, 0.1) is 0 Å². The third-order valence-corrected chi connectivity index (χ3v) is 2.80. The maximum atomic E-state index is 8.93. The smallest absolute Gasteiger partial charge is 0.0870 e. The van der Waals surface area contributed by atoms with Crippen molar-refractivity contribution < 1.29 is 30.4 Å². The van der Waals surface area contributed by atoms with Gasteiger partial charge in [-0.1, -0.05) is 0 Å². The molecule has 0 aliphatic carbocycles. The van der Waals surface area contributed by atoms with Crippen molar-refractivity contribution in [3.63, 3.8) is 0 Å². The molecule has 6 heteroatoms. The molecule has 0 bridgehead atoms. The van der Waals surface area contributed by atoms with Gasteiger partial charge in [-0.25, -0.2) is 0 Å². The van der Waals surface area contributed by atoms with Crippen LogP contribution in [0.1, 0.15) is 38.5 Å². The van der Waals surface area contributed by atoms with Gasteiger partial charge in [0.25, 0.3) is 0 Å². The molecule has 0 atom stereocenters. The summed E-state index contributed by atoms with van der Waals surface area (Å²) in [6.45, 7) is 5.50. The van der Waals surface area contributed by atoms with Gasteiger partial charge in [0.2, 0.25) is 0 Å². The van der Waals surface area contributed by atoms with E-state index in [1.54, 1.807) is 0 Å². The first kappa shape index (κ1) is 16.9. The minimum atomic E-state index is -2.19. The van der Waals surface area contributed by atoms with Gasteiger partial charge in [-0.2, -0.15) is 0 Å². The number of hydrogen-bond acceptors (Lipinski definition) is 4. The monoisotopic (exact) mass is 260 g/mol. The Morgan fingerprint density at radius 2 is 0.889 bits per heavy atom. The van der Waals surface area contributed by atoms with Crippen LogP contribution in [-0.4, -0.2) is 38.1 Å². The molecule has 4 N–H and O–H groups in total. The van der Waals surface area contributed by atoms with Gasteiger partial charge in [-0.05, 0) is 38.5 Å². The molecule has 0 saturated carbocycles. The predicted molar refractivity (Wildman–Crippen MR) is 61.0 cm³/mol. The standard InChI is InChI=1S/2C5H11N.C2H2O4/c2*1-2-4-6-5-3-1;3-1(4)2(5)6/h2*6H,1-5H2;(H,3,4)(H,5,6). The van der Waals surface area contributed by atoms with Crippen LogP contribution >= 0.6 is 0 Å². The number of aliphatic carboxylic acids is 2. The van der Waals surface area contributed by atoms with E-state index in [1.165, 1.54) is 64.7 Å². The maximum absolute atomic E-state index is 8.93. The number of carbonyl (C=O) groups excluding carboxylic acids is 2. The maximum Gasteiger partial charge on any atom is 0.0870 e. The van der Waals surface area contributed by atoms with Crippen molar-refractivity contribution in [2.24, 2.45) is 0 Å². The molecule has 2 rings (SSSR count). The zero-order valence-corrected chi connectivity index (χ0v) is 10.9. The Hall–Kier alpha value is -1.14. The second-order valence-electron chi connectivity index (χ2n) is 4.43. The van der Waals surface area contributed by atoms with Gasteiger partial charge in [0.1, 0.15) is 0 Å². The van der Waals surface area contributed by atoms with Gasteiger partial charge in [0, 0.05) is 0 Å². The lowest BCUT2D eigenvalue weighted by Gasteiger charge is -2.05. The summed E-state index contributed by atoms with van der Waals surface area (Å²) in [5, 5.41) is 22.6. The van der Waals surface area contributed by atoms with E-state index in [9.17, 15) is 0 Å². The lowest BCUT2D eigenvalue weighted by atomic mass is 10.2. The SMILES string of the molecule is C1CC[NH2+]CC1.C1CC[NH2+]CC1.O=C([O-])C(=O)[O-]. The summed E-state index contributed by atoms with van der Waals surface area (Å²) in [6, 6.07) is 0. The van der Waals surface area contributed by atoms with Gasteiger partial charge in [0.05, 0.1) is 38.1 Å². The highest BCUT2D eigenvalue weighted by Gasteiger charge is 1.98. The van der Waals surface area contributed by atoms with E-state index in [0.29, 0.717) is 0 Å². The first-order valence-corrected chi connectivity index (χ1v) is 6.70. The third-order valence-electron chi connectivity index (χ3n) is 2.80. The van der Waals surface area contributed by atoms with Gasteiger partial charge in [0.15, 0.2) is 0 Å². The molecule has 0 spiro atoms. The number of carboxylic acid groups (broad SMARTS) is 2. The second-order valence-corrected chi connectivity index (χ2v) is 4.43. The second kappa shape index (κ2) is 12.3. The Balaban J connectivity index is 0.000000241. The fourth-order valence-corrected chi connectivity index (χ4v) is 1.80. The van der Waals surface area contributed by atoms with Gasteiger partial charge in [-0.15, -0.1) is 0 Å². The highest BCUT2D eigenvalue weighted by molar-refractivity contribution is 6.25. The Morgan fingerprint density at radius 1 is 0.611 bits per heavy atom. The molecule has 2 aliphatic heterocycles. The number of quaternary nitrogens is 2. The molecular weight excluding hydrogens is 236 g/mol. The Morgan fingerprint density at radius 3 is 0.944 bits per heavy atom. The van der Waals surface area contributed by atoms with Gasteiger partial charge >= 0.3 is 0 Å². The predicted octanol–water partition coefficient (Wildman–Crippen LogP) is -4.05. The van der Waals surface area contributed by atoms with Crippen molar-refractivity contribution in [2.75, 3.05) is 26.2 Å². The zero-order chi connectivity index (χ0) is 13.6. The zero-order valence-electron chi connectivity index (χ0n) is 10.9. The number of piperidine rings is 2. The first-order valence-electron chi connectivity index (χ1n) is 6.70. The summed E-state index contributed by atoms with van der Waals surface area (Å²) >= 11 is 0. The number of nitrogens with two attached hydrogens (primary N) is 2. The van der Waals surface area contributed by atoms with Gasteiger partial charge < -0.3 is 30.4 Å². The molecule has 2 aliphatic rings. The molecule has 2 heterocycles. The molecular formula is C12H24N2O4. The molecule has 0 radical (unpaired) electrons. The van der Waals surface area contributed by atoms with E-state index < -0.39 is 11.9 Å². The van der Waals surface area contributed by atoms with E-state index in [0.717, 1.165) is 0 Å². The van der Waals surface area contributed by atoms with Crippen molar-refractivity contribution >= 4 is 11.9 Å². The van der Waals surface area contributed by atoms with Crippen molar-refractivity contribution in [1.29, 1.82) is 0 Å². The molecule has 18 heavy (non-hydrogen) atoms. The molecule has 0 aromatic carbocycles. The van der Waals surface area contributed by atoms with Crippen molar-refractivity contribution in [3.8, 4) is 0 Å². The number of carbonyl (C=O) groups is 2. The normalized spacial score (nSPS) is 18.4. The largest absolute Gasteiger partial charge is 0.543 e. The van der Waals surface area contributed by atoms with Crippen LogP contribution in [0.3, 0.4) is 0 Å². The first-order chi connectivity index (χ1) is 8.64. The summed E-state index contributed by atoms with van der Waals surface area (Å²) in [5.74, 6) is -4.37.